The maximum absolute atomic E-state index is 12.1. The molecule has 0 aliphatic carbocycles. The van der Waals surface area contributed by atoms with Crippen molar-refractivity contribution in [2.24, 2.45) is 0 Å². The van der Waals surface area contributed by atoms with Crippen molar-refractivity contribution in [2.45, 2.75) is 26.2 Å². The van der Waals surface area contributed by atoms with E-state index in [9.17, 15) is 9.59 Å². The average molecular weight is 292 g/mol. The molecule has 0 spiro atoms. The molecule has 2 rings (SSSR count). The molecular weight excluding hydrogens is 272 g/mol. The molecule has 4 nitrogen and oxygen atoms in total. The summed E-state index contributed by atoms with van der Waals surface area (Å²) >= 11 is 1.27. The molecule has 1 aliphatic heterocycles. The van der Waals surface area contributed by atoms with Crippen LogP contribution in [0.4, 0.5) is 10.5 Å². The van der Waals surface area contributed by atoms with Crippen molar-refractivity contribution in [1.29, 1.82) is 0 Å². The van der Waals surface area contributed by atoms with Crippen LogP contribution in [-0.4, -0.2) is 34.9 Å². The minimum absolute atomic E-state index is 0.00430. The van der Waals surface area contributed by atoms with Crippen molar-refractivity contribution in [2.75, 3.05) is 24.2 Å². The Hall–Kier alpha value is -1.49. The Bertz CT molecular complexity index is 504. The number of anilines is 1. The number of hydrogen-bond donors (Lipinski definition) is 1. The lowest BCUT2D eigenvalue weighted by atomic mass is 9.97. The zero-order chi connectivity index (χ0) is 14.5. The summed E-state index contributed by atoms with van der Waals surface area (Å²) in [5.74, 6) is 1.04. The molecule has 1 aliphatic rings. The van der Waals surface area contributed by atoms with Gasteiger partial charge in [0.25, 0.3) is 5.24 Å². The van der Waals surface area contributed by atoms with E-state index in [4.69, 9.17) is 0 Å². The fourth-order valence-electron chi connectivity index (χ4n) is 2.19. The Labute approximate surface area is 123 Å². The second kappa shape index (κ2) is 6.79. The van der Waals surface area contributed by atoms with Gasteiger partial charge in [-0.1, -0.05) is 43.8 Å². The van der Waals surface area contributed by atoms with Gasteiger partial charge < -0.3 is 10.2 Å². The SMILES string of the molecule is CCC(C)c1ccccc1NC(=O)CN1CCSC1=O. The van der Waals surface area contributed by atoms with E-state index >= 15 is 0 Å². The number of nitrogens with zero attached hydrogens (tertiary/aromatic N) is 1. The molecule has 1 fully saturated rings. The molecule has 1 N–H and O–H groups in total. The van der Waals surface area contributed by atoms with Crippen LogP contribution in [0.5, 0.6) is 0 Å². The molecule has 108 valence electrons. The van der Waals surface area contributed by atoms with E-state index < -0.39 is 0 Å². The highest BCUT2D eigenvalue weighted by molar-refractivity contribution is 8.13. The molecule has 20 heavy (non-hydrogen) atoms. The van der Waals surface area contributed by atoms with Gasteiger partial charge in [0.2, 0.25) is 5.91 Å². The predicted molar refractivity (Wildman–Crippen MR) is 83.2 cm³/mol. The van der Waals surface area contributed by atoms with E-state index in [1.54, 1.807) is 4.90 Å². The number of hydrogen-bond acceptors (Lipinski definition) is 3. The van der Waals surface area contributed by atoms with Gasteiger partial charge in [0.15, 0.2) is 0 Å². The molecule has 1 saturated heterocycles. The number of rotatable bonds is 5. The van der Waals surface area contributed by atoms with Crippen LogP contribution >= 0.6 is 11.8 Å². The van der Waals surface area contributed by atoms with Gasteiger partial charge in [-0.2, -0.15) is 0 Å². The molecule has 1 heterocycles. The molecule has 5 heteroatoms. The Morgan fingerprint density at radius 2 is 2.20 bits per heavy atom. The Morgan fingerprint density at radius 3 is 2.85 bits per heavy atom. The summed E-state index contributed by atoms with van der Waals surface area (Å²) in [5.41, 5.74) is 2.00. The number of amides is 2. The van der Waals surface area contributed by atoms with Crippen LogP contribution in [-0.2, 0) is 4.79 Å². The zero-order valence-corrected chi connectivity index (χ0v) is 12.7. The highest BCUT2D eigenvalue weighted by Crippen LogP contribution is 2.26. The largest absolute Gasteiger partial charge is 0.324 e. The lowest BCUT2D eigenvalue weighted by Crippen LogP contribution is -2.33. The van der Waals surface area contributed by atoms with Gasteiger partial charge in [-0.05, 0) is 24.0 Å². The van der Waals surface area contributed by atoms with Crippen molar-refractivity contribution < 1.29 is 9.59 Å². The molecule has 0 bridgehead atoms. The van der Waals surface area contributed by atoms with E-state index in [1.165, 1.54) is 11.8 Å². The van der Waals surface area contributed by atoms with Crippen LogP contribution in [0.25, 0.3) is 0 Å². The number of nitrogens with one attached hydrogen (secondary N) is 1. The first-order chi connectivity index (χ1) is 9.61. The van der Waals surface area contributed by atoms with Gasteiger partial charge >= 0.3 is 0 Å². The fourth-order valence-corrected chi connectivity index (χ4v) is 3.02. The van der Waals surface area contributed by atoms with Gasteiger partial charge in [-0.15, -0.1) is 0 Å². The lowest BCUT2D eigenvalue weighted by Gasteiger charge is -2.18. The summed E-state index contributed by atoms with van der Waals surface area (Å²) < 4.78 is 0. The Morgan fingerprint density at radius 1 is 1.45 bits per heavy atom. The Balaban J connectivity index is 2.02. The number of carbonyl (C=O) groups excluding carboxylic acids is 2. The highest BCUT2D eigenvalue weighted by atomic mass is 32.2. The van der Waals surface area contributed by atoms with E-state index in [-0.39, 0.29) is 17.7 Å². The number of para-hydroxylation sites is 1. The minimum Gasteiger partial charge on any atom is -0.324 e. The number of carbonyl (C=O) groups is 2. The van der Waals surface area contributed by atoms with E-state index in [0.29, 0.717) is 12.5 Å². The first-order valence-electron chi connectivity index (χ1n) is 6.92. The summed E-state index contributed by atoms with van der Waals surface area (Å²) in [6.45, 7) is 5.07. The second-order valence-electron chi connectivity index (χ2n) is 4.98. The quantitative estimate of drug-likeness (QED) is 0.906. The van der Waals surface area contributed by atoms with Crippen molar-refractivity contribution in [3.8, 4) is 0 Å². The minimum atomic E-state index is -0.128. The summed E-state index contributed by atoms with van der Waals surface area (Å²) in [4.78, 5) is 25.1. The van der Waals surface area contributed by atoms with Crippen LogP contribution in [0.15, 0.2) is 24.3 Å². The van der Waals surface area contributed by atoms with Gasteiger partial charge in [-0.25, -0.2) is 0 Å². The van der Waals surface area contributed by atoms with Gasteiger partial charge in [0, 0.05) is 18.0 Å². The molecular formula is C15H20N2O2S. The Kier molecular flexibility index (Phi) is 5.06. The molecule has 0 radical (unpaired) electrons. The van der Waals surface area contributed by atoms with Crippen molar-refractivity contribution in [3.63, 3.8) is 0 Å². The van der Waals surface area contributed by atoms with E-state index in [1.807, 2.05) is 24.3 Å². The predicted octanol–water partition coefficient (Wildman–Crippen LogP) is 3.31. The molecule has 0 saturated carbocycles. The topological polar surface area (TPSA) is 49.4 Å². The lowest BCUT2D eigenvalue weighted by molar-refractivity contribution is -0.116. The summed E-state index contributed by atoms with van der Waals surface area (Å²) in [6.07, 6.45) is 1.02. The third kappa shape index (κ3) is 3.54. The molecule has 0 aromatic heterocycles. The van der Waals surface area contributed by atoms with Crippen LogP contribution in [0, 0.1) is 0 Å². The van der Waals surface area contributed by atoms with Gasteiger partial charge in [0.1, 0.15) is 6.54 Å². The third-order valence-corrected chi connectivity index (χ3v) is 4.45. The monoisotopic (exact) mass is 292 g/mol. The standard InChI is InChI=1S/C15H20N2O2S/c1-3-11(2)12-6-4-5-7-13(12)16-14(18)10-17-8-9-20-15(17)19/h4-7,11H,3,8-10H2,1-2H3,(H,16,18). The highest BCUT2D eigenvalue weighted by Gasteiger charge is 2.23. The van der Waals surface area contributed by atoms with Crippen molar-refractivity contribution >= 4 is 28.6 Å². The molecule has 1 aromatic carbocycles. The molecule has 1 atom stereocenters. The first kappa shape index (κ1) is 14.9. The molecule has 1 unspecified atom stereocenters. The fraction of sp³-hybridized carbons (Fsp3) is 0.467. The van der Waals surface area contributed by atoms with Crippen LogP contribution in [0.2, 0.25) is 0 Å². The summed E-state index contributed by atoms with van der Waals surface area (Å²) in [5, 5.41) is 2.93. The van der Waals surface area contributed by atoms with Crippen LogP contribution in [0.3, 0.4) is 0 Å². The first-order valence-corrected chi connectivity index (χ1v) is 7.90. The average Bonchev–Trinajstić information content (AvgIpc) is 2.84. The maximum Gasteiger partial charge on any atom is 0.282 e. The summed E-state index contributed by atoms with van der Waals surface area (Å²) in [6, 6.07) is 7.86. The van der Waals surface area contributed by atoms with Crippen molar-refractivity contribution in [1.82, 2.24) is 4.90 Å². The number of benzene rings is 1. The van der Waals surface area contributed by atoms with E-state index in [0.717, 1.165) is 23.4 Å². The third-order valence-electron chi connectivity index (χ3n) is 3.56. The van der Waals surface area contributed by atoms with Crippen LogP contribution < -0.4 is 5.32 Å². The molecule has 1 aromatic rings. The van der Waals surface area contributed by atoms with Crippen molar-refractivity contribution in [3.05, 3.63) is 29.8 Å². The second-order valence-corrected chi connectivity index (χ2v) is 6.03. The maximum atomic E-state index is 12.1. The zero-order valence-electron chi connectivity index (χ0n) is 11.9. The normalized spacial score (nSPS) is 16.3. The van der Waals surface area contributed by atoms with Gasteiger partial charge in [-0.3, -0.25) is 9.59 Å². The smallest absolute Gasteiger partial charge is 0.282 e. The van der Waals surface area contributed by atoms with Crippen LogP contribution in [0.1, 0.15) is 31.7 Å². The molecule has 2 amide bonds. The van der Waals surface area contributed by atoms with E-state index in [2.05, 4.69) is 19.2 Å². The number of thioether (sulfide) groups is 1. The summed E-state index contributed by atoms with van der Waals surface area (Å²) in [7, 11) is 0. The van der Waals surface area contributed by atoms with Gasteiger partial charge in [0.05, 0.1) is 0 Å².